The average Bonchev–Trinajstić information content (AvgIpc) is 2.64. The first-order chi connectivity index (χ1) is 12.5. The molecule has 1 amide bonds. The average molecular weight is 438 g/mol. The van der Waals surface area contributed by atoms with Gasteiger partial charge in [-0.2, -0.15) is 0 Å². The van der Waals surface area contributed by atoms with Crippen LogP contribution < -0.4 is 10.1 Å². The Labute approximate surface area is 165 Å². The lowest BCUT2D eigenvalue weighted by Crippen LogP contribution is -2.28. The number of esters is 1. The molecule has 0 saturated heterocycles. The van der Waals surface area contributed by atoms with E-state index < -0.39 is 5.97 Å². The normalized spacial score (nSPS) is 10.3. The number of nitrogens with one attached hydrogen (secondary N) is 1. The van der Waals surface area contributed by atoms with Crippen LogP contribution in [0.4, 0.5) is 0 Å². The van der Waals surface area contributed by atoms with E-state index in [2.05, 4.69) is 21.2 Å². The van der Waals surface area contributed by atoms with Crippen LogP contribution in [0.3, 0.4) is 0 Å². The number of hydrogen-bond acceptors (Lipinski definition) is 5. The molecular formula is C19H20BrNO4S. The Morgan fingerprint density at radius 3 is 2.54 bits per heavy atom. The topological polar surface area (TPSA) is 64.6 Å². The molecule has 0 aliphatic heterocycles. The van der Waals surface area contributed by atoms with Crippen molar-refractivity contribution < 1.29 is 19.1 Å². The zero-order chi connectivity index (χ0) is 18.9. The molecule has 5 nitrogen and oxygen atoms in total. The summed E-state index contributed by atoms with van der Waals surface area (Å²) in [4.78, 5) is 24.6. The maximum atomic E-state index is 11.8. The lowest BCUT2D eigenvalue weighted by atomic mass is 10.2. The molecule has 0 aliphatic rings. The van der Waals surface area contributed by atoms with Crippen LogP contribution in [0.5, 0.6) is 5.75 Å². The summed E-state index contributed by atoms with van der Waals surface area (Å²) in [6, 6.07) is 13.2. The maximum absolute atomic E-state index is 11.8. The summed E-state index contributed by atoms with van der Waals surface area (Å²) in [6.07, 6.45) is 0. The molecule has 26 heavy (non-hydrogen) atoms. The second kappa shape index (κ2) is 10.2. The summed E-state index contributed by atoms with van der Waals surface area (Å²) in [5, 5.41) is 2.71. The van der Waals surface area contributed by atoms with Crippen molar-refractivity contribution in [3.8, 4) is 5.75 Å². The summed E-state index contributed by atoms with van der Waals surface area (Å²) >= 11 is 4.79. The Hall–Kier alpha value is -1.99. The molecule has 7 heteroatoms. The highest BCUT2D eigenvalue weighted by Crippen LogP contribution is 2.25. The monoisotopic (exact) mass is 437 g/mol. The zero-order valence-corrected chi connectivity index (χ0v) is 17.0. The Kier molecular flexibility index (Phi) is 8.00. The minimum atomic E-state index is -0.420. The van der Waals surface area contributed by atoms with Gasteiger partial charge in [-0.1, -0.05) is 28.1 Å². The maximum Gasteiger partial charge on any atom is 0.316 e. The summed E-state index contributed by atoms with van der Waals surface area (Å²) in [6.45, 7) is 2.06. The minimum absolute atomic E-state index is 0.161. The number of carbonyl (C=O) groups excluding carboxylic acids is 2. The van der Waals surface area contributed by atoms with Gasteiger partial charge in [0.25, 0.3) is 5.91 Å². The van der Waals surface area contributed by atoms with Crippen molar-refractivity contribution in [1.82, 2.24) is 5.32 Å². The van der Waals surface area contributed by atoms with Crippen molar-refractivity contribution in [3.05, 3.63) is 58.1 Å². The first-order valence-corrected chi connectivity index (χ1v) is 9.70. The number of thioether (sulfide) groups is 1. The summed E-state index contributed by atoms with van der Waals surface area (Å²) < 4.78 is 11.1. The molecule has 0 bridgehead atoms. The van der Waals surface area contributed by atoms with E-state index in [1.54, 1.807) is 7.11 Å². The van der Waals surface area contributed by atoms with Gasteiger partial charge in [-0.25, -0.2) is 0 Å². The number of carbonyl (C=O) groups is 2. The van der Waals surface area contributed by atoms with Crippen LogP contribution >= 0.6 is 27.7 Å². The smallest absolute Gasteiger partial charge is 0.316 e. The highest BCUT2D eigenvalue weighted by molar-refractivity contribution is 9.10. The van der Waals surface area contributed by atoms with Crippen molar-refractivity contribution in [2.45, 2.75) is 18.4 Å². The summed E-state index contributed by atoms with van der Waals surface area (Å²) in [7, 11) is 1.60. The van der Waals surface area contributed by atoms with Crippen LogP contribution in [-0.2, 0) is 20.9 Å². The van der Waals surface area contributed by atoms with Gasteiger partial charge in [0, 0.05) is 15.9 Å². The van der Waals surface area contributed by atoms with E-state index in [1.807, 2.05) is 49.4 Å². The molecule has 0 aromatic heterocycles. The lowest BCUT2D eigenvalue weighted by Gasteiger charge is -2.08. The van der Waals surface area contributed by atoms with E-state index in [4.69, 9.17) is 9.47 Å². The van der Waals surface area contributed by atoms with Crippen molar-refractivity contribution in [3.63, 3.8) is 0 Å². The fraction of sp³-hybridized carbons (Fsp3) is 0.263. The molecule has 138 valence electrons. The molecule has 1 N–H and O–H groups in total. The number of aryl methyl sites for hydroxylation is 1. The summed E-state index contributed by atoms with van der Waals surface area (Å²) in [5.41, 5.74) is 2.01. The van der Waals surface area contributed by atoms with Crippen molar-refractivity contribution >= 4 is 39.6 Å². The number of ether oxygens (including phenoxy) is 2. The molecule has 2 aromatic rings. The van der Waals surface area contributed by atoms with Crippen LogP contribution in [0.15, 0.2) is 51.8 Å². The molecule has 0 atom stereocenters. The fourth-order valence-corrected chi connectivity index (χ4v) is 3.38. The second-order valence-electron chi connectivity index (χ2n) is 5.48. The fourth-order valence-electron chi connectivity index (χ4n) is 2.09. The van der Waals surface area contributed by atoms with Crippen LogP contribution in [0.25, 0.3) is 0 Å². The number of hydrogen-bond donors (Lipinski definition) is 1. The van der Waals surface area contributed by atoms with Crippen LogP contribution in [0, 0.1) is 6.92 Å². The Bertz CT molecular complexity index is 765. The largest absolute Gasteiger partial charge is 0.497 e. The third-order valence-corrected chi connectivity index (χ3v) is 5.14. The van der Waals surface area contributed by atoms with Crippen LogP contribution in [0.1, 0.15) is 11.1 Å². The van der Waals surface area contributed by atoms with E-state index >= 15 is 0 Å². The number of benzene rings is 2. The van der Waals surface area contributed by atoms with Gasteiger partial charge < -0.3 is 14.8 Å². The number of rotatable bonds is 8. The molecule has 0 spiro atoms. The minimum Gasteiger partial charge on any atom is -0.497 e. The Morgan fingerprint density at radius 1 is 1.15 bits per heavy atom. The molecule has 2 aromatic carbocycles. The molecular weight excluding hydrogens is 418 g/mol. The molecule has 0 heterocycles. The summed E-state index contributed by atoms with van der Waals surface area (Å²) in [5.74, 6) is 0.164. The number of halogens is 1. The first-order valence-electron chi connectivity index (χ1n) is 7.92. The van der Waals surface area contributed by atoms with Gasteiger partial charge in [-0.05, 0) is 48.4 Å². The number of methoxy groups -OCH3 is 1. The Balaban J connectivity index is 1.68. The first kappa shape index (κ1) is 20.3. The highest BCUT2D eigenvalue weighted by atomic mass is 79.9. The SMILES string of the molecule is COc1ccc(CNC(=O)COC(=O)CSc2ccc(Br)cc2C)cc1. The van der Waals surface area contributed by atoms with Crippen LogP contribution in [0.2, 0.25) is 0 Å². The van der Waals surface area contributed by atoms with E-state index in [0.29, 0.717) is 6.54 Å². The highest BCUT2D eigenvalue weighted by Gasteiger charge is 2.09. The molecule has 0 fully saturated rings. The van der Waals surface area contributed by atoms with Gasteiger partial charge in [0.15, 0.2) is 6.61 Å². The Morgan fingerprint density at radius 2 is 1.88 bits per heavy atom. The van der Waals surface area contributed by atoms with E-state index in [-0.39, 0.29) is 18.3 Å². The predicted molar refractivity (Wildman–Crippen MR) is 105 cm³/mol. The van der Waals surface area contributed by atoms with Gasteiger partial charge in [-0.15, -0.1) is 11.8 Å². The van der Waals surface area contributed by atoms with E-state index in [1.165, 1.54) is 11.8 Å². The van der Waals surface area contributed by atoms with E-state index in [0.717, 1.165) is 26.2 Å². The van der Waals surface area contributed by atoms with Gasteiger partial charge >= 0.3 is 5.97 Å². The van der Waals surface area contributed by atoms with E-state index in [9.17, 15) is 9.59 Å². The molecule has 0 radical (unpaired) electrons. The number of amides is 1. The third kappa shape index (κ3) is 6.72. The van der Waals surface area contributed by atoms with Crippen molar-refractivity contribution in [2.75, 3.05) is 19.5 Å². The van der Waals surface area contributed by atoms with Gasteiger partial charge in [0.2, 0.25) is 0 Å². The predicted octanol–water partition coefficient (Wildman–Crippen LogP) is 3.72. The second-order valence-corrected chi connectivity index (χ2v) is 7.42. The van der Waals surface area contributed by atoms with Gasteiger partial charge in [-0.3, -0.25) is 9.59 Å². The lowest BCUT2D eigenvalue weighted by molar-refractivity contribution is -0.145. The molecule has 0 aliphatic carbocycles. The molecule has 2 rings (SSSR count). The molecule has 0 unspecified atom stereocenters. The van der Waals surface area contributed by atoms with Crippen LogP contribution in [-0.4, -0.2) is 31.3 Å². The van der Waals surface area contributed by atoms with Gasteiger partial charge in [0.1, 0.15) is 5.75 Å². The zero-order valence-electron chi connectivity index (χ0n) is 14.6. The third-order valence-electron chi connectivity index (χ3n) is 3.50. The quantitative estimate of drug-likeness (QED) is 0.503. The van der Waals surface area contributed by atoms with Gasteiger partial charge in [0.05, 0.1) is 12.9 Å². The van der Waals surface area contributed by atoms with Crippen molar-refractivity contribution in [2.24, 2.45) is 0 Å². The van der Waals surface area contributed by atoms with Crippen molar-refractivity contribution in [1.29, 1.82) is 0 Å². The standard InChI is InChI=1S/C19H20BrNO4S/c1-13-9-15(20)5-8-17(13)26-12-19(23)25-11-18(22)21-10-14-3-6-16(24-2)7-4-14/h3-9H,10-12H2,1-2H3,(H,21,22). The molecule has 0 saturated carbocycles.